The lowest BCUT2D eigenvalue weighted by molar-refractivity contribution is 0.232. The van der Waals surface area contributed by atoms with Crippen LogP contribution in [0.2, 0.25) is 0 Å². The summed E-state index contributed by atoms with van der Waals surface area (Å²) in [6.45, 7) is 3.86. The first-order chi connectivity index (χ1) is 8.70. The molecule has 1 aliphatic carbocycles. The van der Waals surface area contributed by atoms with Gasteiger partial charge in [0.15, 0.2) is 0 Å². The lowest BCUT2D eigenvalue weighted by atomic mass is 10.1. The number of ether oxygens (including phenoxy) is 1. The molecule has 3 heteroatoms. The van der Waals surface area contributed by atoms with Gasteiger partial charge in [-0.1, -0.05) is 19.1 Å². The van der Waals surface area contributed by atoms with Crippen molar-refractivity contribution in [2.45, 2.75) is 38.3 Å². The lowest BCUT2D eigenvalue weighted by Crippen LogP contribution is -2.26. The van der Waals surface area contributed by atoms with E-state index >= 15 is 0 Å². The van der Waals surface area contributed by atoms with Crippen molar-refractivity contribution in [3.8, 4) is 5.75 Å². The van der Waals surface area contributed by atoms with Crippen molar-refractivity contribution >= 4 is 0 Å². The number of nitrogens with two attached hydrogens (primary N) is 1. The Kier molecular flexibility index (Phi) is 4.61. The topological polar surface area (TPSA) is 38.5 Å². The molecule has 2 rings (SSSR count). The molecule has 0 aromatic heterocycles. The van der Waals surface area contributed by atoms with E-state index in [0.717, 1.165) is 31.4 Å². The minimum absolute atomic E-state index is 0.139. The van der Waals surface area contributed by atoms with E-state index < -0.39 is 0 Å². The molecule has 1 aromatic rings. The van der Waals surface area contributed by atoms with Gasteiger partial charge in [-0.3, -0.25) is 0 Å². The summed E-state index contributed by atoms with van der Waals surface area (Å²) in [5.41, 5.74) is 7.16. The zero-order chi connectivity index (χ0) is 13.0. The van der Waals surface area contributed by atoms with Crippen LogP contribution in [0, 0.1) is 0 Å². The van der Waals surface area contributed by atoms with Gasteiger partial charge in [-0.25, -0.2) is 0 Å². The standard InChI is InChI=1S/C15H24N2O/c1-3-15(16)12-4-8-14(9-5-12)18-11-10-17(2)13-6-7-13/h4-5,8-9,13,15H,3,6-7,10-11,16H2,1-2H3/t15-/m1/s1. The maximum absolute atomic E-state index is 5.98. The van der Waals surface area contributed by atoms with Crippen LogP contribution in [0.3, 0.4) is 0 Å². The molecule has 1 fully saturated rings. The molecule has 0 spiro atoms. The lowest BCUT2D eigenvalue weighted by Gasteiger charge is -2.16. The molecule has 0 unspecified atom stereocenters. The number of likely N-dealkylation sites (N-methyl/N-ethyl adjacent to an activating group) is 1. The van der Waals surface area contributed by atoms with E-state index in [4.69, 9.17) is 10.5 Å². The van der Waals surface area contributed by atoms with Gasteiger partial charge < -0.3 is 15.4 Å². The molecule has 0 amide bonds. The van der Waals surface area contributed by atoms with E-state index in [-0.39, 0.29) is 6.04 Å². The van der Waals surface area contributed by atoms with Crippen LogP contribution in [-0.4, -0.2) is 31.1 Å². The summed E-state index contributed by atoms with van der Waals surface area (Å²) in [5.74, 6) is 0.936. The Hall–Kier alpha value is -1.06. The van der Waals surface area contributed by atoms with Crippen LogP contribution in [0.5, 0.6) is 5.75 Å². The van der Waals surface area contributed by atoms with Gasteiger partial charge in [0.1, 0.15) is 12.4 Å². The molecule has 0 aliphatic heterocycles. The number of nitrogens with zero attached hydrogens (tertiary/aromatic N) is 1. The van der Waals surface area contributed by atoms with Gasteiger partial charge in [0.05, 0.1) is 0 Å². The summed E-state index contributed by atoms with van der Waals surface area (Å²) in [5, 5.41) is 0. The van der Waals surface area contributed by atoms with Crippen LogP contribution in [0.15, 0.2) is 24.3 Å². The van der Waals surface area contributed by atoms with E-state index in [1.165, 1.54) is 18.4 Å². The second-order valence-corrected chi connectivity index (χ2v) is 5.14. The molecule has 100 valence electrons. The molecular weight excluding hydrogens is 224 g/mol. The average molecular weight is 248 g/mol. The SMILES string of the molecule is CC[C@@H](N)c1ccc(OCCN(C)C2CC2)cc1. The summed E-state index contributed by atoms with van der Waals surface area (Å²) >= 11 is 0. The predicted molar refractivity (Wildman–Crippen MR) is 74.8 cm³/mol. The van der Waals surface area contributed by atoms with E-state index in [9.17, 15) is 0 Å². The highest BCUT2D eigenvalue weighted by Gasteiger charge is 2.25. The Morgan fingerprint density at radius 3 is 2.56 bits per heavy atom. The van der Waals surface area contributed by atoms with Crippen molar-refractivity contribution in [3.05, 3.63) is 29.8 Å². The van der Waals surface area contributed by atoms with Crippen molar-refractivity contribution in [1.29, 1.82) is 0 Å². The van der Waals surface area contributed by atoms with Crippen molar-refractivity contribution in [2.75, 3.05) is 20.2 Å². The van der Waals surface area contributed by atoms with Crippen molar-refractivity contribution < 1.29 is 4.74 Å². The maximum Gasteiger partial charge on any atom is 0.119 e. The van der Waals surface area contributed by atoms with Crippen molar-refractivity contribution in [1.82, 2.24) is 4.90 Å². The Morgan fingerprint density at radius 1 is 1.33 bits per heavy atom. The third-order valence-electron chi connectivity index (χ3n) is 3.63. The molecule has 0 radical (unpaired) electrons. The van der Waals surface area contributed by atoms with Gasteiger partial charge in [0, 0.05) is 18.6 Å². The summed E-state index contributed by atoms with van der Waals surface area (Å²) in [6.07, 6.45) is 3.66. The highest BCUT2D eigenvalue weighted by atomic mass is 16.5. The average Bonchev–Trinajstić information content (AvgIpc) is 3.23. The molecule has 1 atom stereocenters. The predicted octanol–water partition coefficient (Wildman–Crippen LogP) is 2.57. The largest absolute Gasteiger partial charge is 0.492 e. The van der Waals surface area contributed by atoms with Gasteiger partial charge >= 0.3 is 0 Å². The molecule has 3 nitrogen and oxygen atoms in total. The molecule has 0 bridgehead atoms. The highest BCUT2D eigenvalue weighted by molar-refractivity contribution is 5.28. The fourth-order valence-corrected chi connectivity index (χ4v) is 2.05. The Labute approximate surface area is 110 Å². The number of rotatable bonds is 7. The number of hydrogen-bond donors (Lipinski definition) is 1. The molecule has 0 heterocycles. The Balaban J connectivity index is 1.75. The van der Waals surface area contributed by atoms with Crippen LogP contribution in [0.1, 0.15) is 37.8 Å². The molecular formula is C15H24N2O. The zero-order valence-electron chi connectivity index (χ0n) is 11.4. The first-order valence-corrected chi connectivity index (χ1v) is 6.89. The first kappa shape index (κ1) is 13.4. The molecule has 1 aliphatic rings. The minimum Gasteiger partial charge on any atom is -0.492 e. The summed E-state index contributed by atoms with van der Waals surface area (Å²) in [6, 6.07) is 9.10. The van der Waals surface area contributed by atoms with Gasteiger partial charge in [-0.05, 0) is 44.0 Å². The van der Waals surface area contributed by atoms with Crippen LogP contribution >= 0.6 is 0 Å². The molecule has 0 saturated heterocycles. The number of benzene rings is 1. The quantitative estimate of drug-likeness (QED) is 0.806. The summed E-state index contributed by atoms with van der Waals surface area (Å²) < 4.78 is 5.74. The molecule has 1 aromatic carbocycles. The molecule has 2 N–H and O–H groups in total. The van der Waals surface area contributed by atoms with Gasteiger partial charge in [-0.2, -0.15) is 0 Å². The fourth-order valence-electron chi connectivity index (χ4n) is 2.05. The Bertz CT molecular complexity index is 359. The molecule has 18 heavy (non-hydrogen) atoms. The van der Waals surface area contributed by atoms with Crippen molar-refractivity contribution in [3.63, 3.8) is 0 Å². The zero-order valence-corrected chi connectivity index (χ0v) is 11.4. The summed E-state index contributed by atoms with van der Waals surface area (Å²) in [7, 11) is 2.17. The second kappa shape index (κ2) is 6.21. The van der Waals surface area contributed by atoms with Gasteiger partial charge in [0.2, 0.25) is 0 Å². The van der Waals surface area contributed by atoms with E-state index in [1.807, 2.05) is 12.1 Å². The highest BCUT2D eigenvalue weighted by Crippen LogP contribution is 2.25. The van der Waals surface area contributed by atoms with Crippen LogP contribution in [0.4, 0.5) is 0 Å². The van der Waals surface area contributed by atoms with Crippen LogP contribution in [-0.2, 0) is 0 Å². The van der Waals surface area contributed by atoms with Crippen LogP contribution < -0.4 is 10.5 Å². The smallest absolute Gasteiger partial charge is 0.119 e. The normalized spacial score (nSPS) is 16.9. The molecule has 1 saturated carbocycles. The second-order valence-electron chi connectivity index (χ2n) is 5.14. The first-order valence-electron chi connectivity index (χ1n) is 6.89. The third kappa shape index (κ3) is 3.72. The maximum atomic E-state index is 5.98. The van der Waals surface area contributed by atoms with Gasteiger partial charge in [0.25, 0.3) is 0 Å². The monoisotopic (exact) mass is 248 g/mol. The summed E-state index contributed by atoms with van der Waals surface area (Å²) in [4.78, 5) is 2.38. The van der Waals surface area contributed by atoms with E-state index in [0.29, 0.717) is 0 Å². The van der Waals surface area contributed by atoms with Crippen molar-refractivity contribution in [2.24, 2.45) is 5.73 Å². The van der Waals surface area contributed by atoms with Crippen LogP contribution in [0.25, 0.3) is 0 Å². The third-order valence-corrected chi connectivity index (χ3v) is 3.63. The fraction of sp³-hybridized carbons (Fsp3) is 0.600. The Morgan fingerprint density at radius 2 is 2.00 bits per heavy atom. The van der Waals surface area contributed by atoms with Gasteiger partial charge in [-0.15, -0.1) is 0 Å². The minimum atomic E-state index is 0.139. The number of hydrogen-bond acceptors (Lipinski definition) is 3. The van der Waals surface area contributed by atoms with E-state index in [2.05, 4.69) is 31.0 Å². The van der Waals surface area contributed by atoms with E-state index in [1.54, 1.807) is 0 Å².